The fourth-order valence-electron chi connectivity index (χ4n) is 5.33. The number of likely N-dealkylation sites (tertiary alicyclic amines) is 1. The van der Waals surface area contributed by atoms with E-state index in [9.17, 15) is 10.1 Å². The van der Waals surface area contributed by atoms with Crippen LogP contribution in [0.25, 0.3) is 11.1 Å². The van der Waals surface area contributed by atoms with Crippen LogP contribution < -0.4 is 5.32 Å². The second-order valence-electron chi connectivity index (χ2n) is 10.00. The number of rotatable bonds is 11. The topological polar surface area (TPSA) is 78.2 Å². The van der Waals surface area contributed by atoms with Crippen molar-refractivity contribution < 1.29 is 9.53 Å². The Hall–Kier alpha value is -3.69. The van der Waals surface area contributed by atoms with Crippen LogP contribution in [0, 0.1) is 24.2 Å². The lowest BCUT2D eigenvalue weighted by Gasteiger charge is -2.32. The van der Waals surface area contributed by atoms with Gasteiger partial charge < -0.3 is 10.1 Å². The number of unbranched alkanes of at least 4 members (excludes halogenated alkanes) is 1. The number of nitrogens with zero attached hydrogens (tertiary/aromatic N) is 3. The number of carbonyl (C=O) groups excluding carboxylic acids is 1. The Morgan fingerprint density at radius 2 is 1.76 bits per heavy atom. The number of hydrogen-bond donors (Lipinski definition) is 1. The number of nitrogens with one attached hydrogen (secondary N) is 1. The molecule has 38 heavy (non-hydrogen) atoms. The van der Waals surface area contributed by atoms with Gasteiger partial charge in [-0.15, -0.1) is 0 Å². The first-order valence-corrected chi connectivity index (χ1v) is 13.8. The molecule has 198 valence electrons. The number of anilines is 1. The van der Waals surface area contributed by atoms with Crippen LogP contribution in [0.5, 0.6) is 0 Å². The highest BCUT2D eigenvalue weighted by molar-refractivity contribution is 6.01. The summed E-state index contributed by atoms with van der Waals surface area (Å²) in [5.74, 6) is 0.867. The molecule has 1 saturated heterocycles. The lowest BCUT2D eigenvalue weighted by atomic mass is 9.91. The molecule has 1 aromatic heterocycles. The maximum atomic E-state index is 12.8. The molecule has 6 nitrogen and oxygen atoms in total. The fourth-order valence-corrected chi connectivity index (χ4v) is 5.33. The molecule has 0 unspecified atom stereocenters. The quantitative estimate of drug-likeness (QED) is 0.231. The molecular formula is C32H38N4O2. The minimum atomic E-state index is -0.450. The van der Waals surface area contributed by atoms with Crippen molar-refractivity contribution in [2.75, 3.05) is 31.6 Å². The van der Waals surface area contributed by atoms with Gasteiger partial charge >= 0.3 is 5.97 Å². The Labute approximate surface area is 226 Å². The predicted octanol–water partition coefficient (Wildman–Crippen LogP) is 6.60. The van der Waals surface area contributed by atoms with E-state index >= 15 is 0 Å². The molecule has 1 fully saturated rings. The molecule has 0 spiro atoms. The standard InChI is InChI=1S/C32H38N4O2/c1-3-38-32(37)29-24(2)35-31(28(22-33)30(29)27-15-8-5-9-16-27)34-19-11-10-12-25-17-20-36(21-18-25)23-26-13-6-4-7-14-26/h4-9,13-16,25H,3,10-12,17-21,23H2,1-2H3,(H,34,35). The van der Waals surface area contributed by atoms with E-state index < -0.39 is 5.97 Å². The molecule has 0 radical (unpaired) electrons. The highest BCUT2D eigenvalue weighted by atomic mass is 16.5. The minimum Gasteiger partial charge on any atom is -0.462 e. The molecule has 0 saturated carbocycles. The first kappa shape index (κ1) is 27.3. The smallest absolute Gasteiger partial charge is 0.340 e. The highest BCUT2D eigenvalue weighted by Gasteiger charge is 2.25. The summed E-state index contributed by atoms with van der Waals surface area (Å²) in [6.45, 7) is 7.96. The van der Waals surface area contributed by atoms with Crippen molar-refractivity contribution in [1.82, 2.24) is 9.88 Å². The Morgan fingerprint density at radius 1 is 1.08 bits per heavy atom. The van der Waals surface area contributed by atoms with Gasteiger partial charge in [0, 0.05) is 18.7 Å². The first-order chi connectivity index (χ1) is 18.6. The molecule has 1 aliphatic rings. The third-order valence-corrected chi connectivity index (χ3v) is 7.32. The van der Waals surface area contributed by atoms with Crippen LogP contribution in [0.1, 0.15) is 66.2 Å². The Kier molecular flexibility index (Phi) is 9.89. The summed E-state index contributed by atoms with van der Waals surface area (Å²) in [5.41, 5.74) is 4.09. The van der Waals surface area contributed by atoms with Crippen molar-refractivity contribution >= 4 is 11.8 Å². The molecule has 0 amide bonds. The van der Waals surface area contributed by atoms with Crippen molar-refractivity contribution in [2.24, 2.45) is 5.92 Å². The van der Waals surface area contributed by atoms with Gasteiger partial charge in [-0.05, 0) is 63.2 Å². The predicted molar refractivity (Wildman–Crippen MR) is 152 cm³/mol. The van der Waals surface area contributed by atoms with E-state index in [2.05, 4.69) is 51.6 Å². The summed E-state index contributed by atoms with van der Waals surface area (Å²) in [7, 11) is 0. The van der Waals surface area contributed by atoms with Crippen molar-refractivity contribution in [2.45, 2.75) is 52.5 Å². The van der Waals surface area contributed by atoms with Crippen molar-refractivity contribution in [3.63, 3.8) is 0 Å². The van der Waals surface area contributed by atoms with Gasteiger partial charge in [0.05, 0.1) is 17.9 Å². The lowest BCUT2D eigenvalue weighted by Crippen LogP contribution is -2.33. The number of pyridine rings is 1. The van der Waals surface area contributed by atoms with E-state index in [0.717, 1.165) is 37.4 Å². The van der Waals surface area contributed by atoms with Crippen LogP contribution in [-0.2, 0) is 11.3 Å². The van der Waals surface area contributed by atoms with E-state index in [1.165, 1.54) is 37.9 Å². The molecule has 2 aromatic carbocycles. The van der Waals surface area contributed by atoms with Crippen LogP contribution in [0.15, 0.2) is 60.7 Å². The van der Waals surface area contributed by atoms with E-state index in [1.807, 2.05) is 30.3 Å². The number of aryl methyl sites for hydroxylation is 1. The van der Waals surface area contributed by atoms with Gasteiger partial charge in [-0.2, -0.15) is 5.26 Å². The summed E-state index contributed by atoms with van der Waals surface area (Å²) < 4.78 is 5.31. The molecule has 2 heterocycles. The number of aromatic nitrogens is 1. The van der Waals surface area contributed by atoms with Crippen molar-refractivity contribution in [3.8, 4) is 17.2 Å². The third-order valence-electron chi connectivity index (χ3n) is 7.32. The van der Waals surface area contributed by atoms with Crippen LogP contribution >= 0.6 is 0 Å². The van der Waals surface area contributed by atoms with Crippen LogP contribution in [0.2, 0.25) is 0 Å². The number of benzene rings is 2. The van der Waals surface area contributed by atoms with Gasteiger partial charge in [0.25, 0.3) is 0 Å². The number of esters is 1. The van der Waals surface area contributed by atoms with Gasteiger partial charge in [-0.1, -0.05) is 73.5 Å². The van der Waals surface area contributed by atoms with E-state index in [0.29, 0.717) is 28.2 Å². The second-order valence-corrected chi connectivity index (χ2v) is 10.00. The molecule has 6 heteroatoms. The summed E-state index contributed by atoms with van der Waals surface area (Å²) in [5, 5.41) is 13.5. The van der Waals surface area contributed by atoms with Gasteiger partial charge in [0.1, 0.15) is 17.5 Å². The largest absolute Gasteiger partial charge is 0.462 e. The summed E-state index contributed by atoms with van der Waals surface area (Å²) >= 11 is 0. The van der Waals surface area contributed by atoms with Crippen LogP contribution in [0.3, 0.4) is 0 Å². The Morgan fingerprint density at radius 3 is 2.42 bits per heavy atom. The zero-order valence-electron chi connectivity index (χ0n) is 22.6. The van der Waals surface area contributed by atoms with Crippen LogP contribution in [0.4, 0.5) is 5.82 Å². The number of nitriles is 1. The van der Waals surface area contributed by atoms with Crippen molar-refractivity contribution in [3.05, 3.63) is 83.0 Å². The summed E-state index contributed by atoms with van der Waals surface area (Å²) in [4.78, 5) is 20.0. The van der Waals surface area contributed by atoms with Crippen LogP contribution in [-0.4, -0.2) is 42.1 Å². The zero-order chi connectivity index (χ0) is 26.7. The fraction of sp³-hybridized carbons (Fsp3) is 0.406. The van der Waals surface area contributed by atoms with Gasteiger partial charge in [-0.25, -0.2) is 9.78 Å². The SMILES string of the molecule is CCOC(=O)c1c(C)nc(NCCCCC2CCN(Cc3ccccc3)CC2)c(C#N)c1-c1ccccc1. The third kappa shape index (κ3) is 6.99. The number of carbonyl (C=O) groups is 1. The Balaban J connectivity index is 1.33. The normalized spacial score (nSPS) is 14.1. The Bertz CT molecular complexity index is 1230. The molecule has 0 atom stereocenters. The molecule has 1 aliphatic heterocycles. The molecule has 0 aliphatic carbocycles. The maximum absolute atomic E-state index is 12.8. The minimum absolute atomic E-state index is 0.264. The number of hydrogen-bond acceptors (Lipinski definition) is 6. The molecule has 1 N–H and O–H groups in total. The molecule has 4 rings (SSSR count). The average Bonchev–Trinajstić information content (AvgIpc) is 2.94. The second kappa shape index (κ2) is 13.7. The zero-order valence-corrected chi connectivity index (χ0v) is 22.6. The monoisotopic (exact) mass is 510 g/mol. The highest BCUT2D eigenvalue weighted by Crippen LogP contribution is 2.34. The van der Waals surface area contributed by atoms with E-state index in [1.54, 1.807) is 13.8 Å². The van der Waals surface area contributed by atoms with Crippen molar-refractivity contribution in [1.29, 1.82) is 5.26 Å². The summed E-state index contributed by atoms with van der Waals surface area (Å²) in [6.07, 6.45) is 5.90. The van der Waals surface area contributed by atoms with Gasteiger partial charge in [0.2, 0.25) is 0 Å². The average molecular weight is 511 g/mol. The summed E-state index contributed by atoms with van der Waals surface area (Å²) in [6, 6.07) is 22.6. The van der Waals surface area contributed by atoms with Gasteiger partial charge in [0.15, 0.2) is 0 Å². The number of piperidine rings is 1. The molecule has 3 aromatic rings. The first-order valence-electron chi connectivity index (χ1n) is 13.8. The van der Waals surface area contributed by atoms with E-state index in [4.69, 9.17) is 4.74 Å². The van der Waals surface area contributed by atoms with Gasteiger partial charge in [-0.3, -0.25) is 4.90 Å². The lowest BCUT2D eigenvalue weighted by molar-refractivity contribution is 0.0526. The maximum Gasteiger partial charge on any atom is 0.340 e. The van der Waals surface area contributed by atoms with E-state index in [-0.39, 0.29) is 6.61 Å². The molecule has 0 bridgehead atoms. The molecular weight excluding hydrogens is 472 g/mol. The number of ether oxygens (including phenoxy) is 1.